The van der Waals surface area contributed by atoms with Gasteiger partial charge in [0.25, 0.3) is 0 Å². The molecule has 3 rings (SSSR count). The summed E-state index contributed by atoms with van der Waals surface area (Å²) < 4.78 is 10.7. The van der Waals surface area contributed by atoms with Gasteiger partial charge in [0.05, 0.1) is 17.4 Å². The maximum atomic E-state index is 10.5. The fourth-order valence-corrected chi connectivity index (χ4v) is 3.01. The van der Waals surface area contributed by atoms with Gasteiger partial charge in [-0.3, -0.25) is 4.90 Å². The Labute approximate surface area is 151 Å². The van der Waals surface area contributed by atoms with Crippen LogP contribution in [0.4, 0.5) is 4.79 Å². The van der Waals surface area contributed by atoms with E-state index in [0.717, 1.165) is 36.5 Å². The lowest BCUT2D eigenvalue weighted by Gasteiger charge is -2.30. The van der Waals surface area contributed by atoms with Crippen molar-refractivity contribution in [2.75, 3.05) is 19.6 Å². The molecule has 1 aromatic carbocycles. The van der Waals surface area contributed by atoms with Crippen LogP contribution < -0.4 is 10.1 Å². The van der Waals surface area contributed by atoms with Crippen LogP contribution in [0.25, 0.3) is 0 Å². The van der Waals surface area contributed by atoms with Crippen LogP contribution in [0.5, 0.6) is 5.75 Å². The summed E-state index contributed by atoms with van der Waals surface area (Å²) in [6.07, 6.45) is 0.609. The molecule has 1 aliphatic rings. The molecule has 140 valence electrons. The number of ether oxygens (including phenoxy) is 1. The summed E-state index contributed by atoms with van der Waals surface area (Å²) >= 11 is 0. The second kappa shape index (κ2) is 8.20. The molecule has 8 nitrogen and oxygen atoms in total. The Kier molecular flexibility index (Phi) is 5.75. The van der Waals surface area contributed by atoms with Crippen molar-refractivity contribution >= 4 is 6.09 Å². The fraction of sp³-hybridized carbons (Fsp3) is 0.444. The highest BCUT2D eigenvalue weighted by molar-refractivity contribution is 5.64. The second-order valence-corrected chi connectivity index (χ2v) is 6.47. The Morgan fingerprint density at radius 3 is 3.04 bits per heavy atom. The van der Waals surface area contributed by atoms with Crippen molar-refractivity contribution in [1.29, 1.82) is 0 Å². The number of amides is 1. The van der Waals surface area contributed by atoms with Gasteiger partial charge in [-0.15, -0.1) is 0 Å². The molecule has 1 unspecified atom stereocenters. The van der Waals surface area contributed by atoms with Crippen LogP contribution in [0.15, 0.2) is 29.0 Å². The standard InChI is InChI=1S/C18H23N3O5/c1-12-15(11-26-20-12)10-25-17-3-2-14-8-21(5-4-13(14)6-17)9-16(22)7-19-18(23)24/h2-3,6,11,16,19,22H,4-5,7-10H2,1H3,(H,23,24). The first-order valence-corrected chi connectivity index (χ1v) is 8.53. The molecular weight excluding hydrogens is 338 g/mol. The summed E-state index contributed by atoms with van der Waals surface area (Å²) in [4.78, 5) is 12.6. The van der Waals surface area contributed by atoms with Crippen molar-refractivity contribution < 1.29 is 24.3 Å². The number of hydrogen-bond donors (Lipinski definition) is 3. The molecule has 0 aliphatic carbocycles. The van der Waals surface area contributed by atoms with Crippen molar-refractivity contribution in [2.24, 2.45) is 0 Å². The molecule has 0 spiro atoms. The molecule has 1 atom stereocenters. The number of aliphatic hydroxyl groups excluding tert-OH is 1. The van der Waals surface area contributed by atoms with E-state index in [9.17, 15) is 9.90 Å². The number of carboxylic acid groups (broad SMARTS) is 1. The maximum Gasteiger partial charge on any atom is 0.404 e. The largest absolute Gasteiger partial charge is 0.489 e. The van der Waals surface area contributed by atoms with Gasteiger partial charge in [0.15, 0.2) is 0 Å². The van der Waals surface area contributed by atoms with E-state index in [4.69, 9.17) is 14.4 Å². The number of carbonyl (C=O) groups is 1. The van der Waals surface area contributed by atoms with Crippen molar-refractivity contribution in [3.63, 3.8) is 0 Å². The van der Waals surface area contributed by atoms with E-state index in [2.05, 4.69) is 21.4 Å². The quantitative estimate of drug-likeness (QED) is 0.686. The summed E-state index contributed by atoms with van der Waals surface area (Å²) in [5, 5.41) is 24.6. The van der Waals surface area contributed by atoms with Gasteiger partial charge in [-0.25, -0.2) is 4.79 Å². The zero-order valence-electron chi connectivity index (χ0n) is 14.6. The van der Waals surface area contributed by atoms with Crippen LogP contribution in [0, 0.1) is 6.92 Å². The number of rotatable bonds is 7. The van der Waals surface area contributed by atoms with Gasteiger partial charge in [-0.2, -0.15) is 0 Å². The monoisotopic (exact) mass is 361 g/mol. The summed E-state index contributed by atoms with van der Waals surface area (Å²) in [5.74, 6) is 0.809. The lowest BCUT2D eigenvalue weighted by Crippen LogP contribution is -2.41. The number of aryl methyl sites for hydroxylation is 1. The Bertz CT molecular complexity index is 761. The third-order valence-corrected chi connectivity index (χ3v) is 4.47. The van der Waals surface area contributed by atoms with Gasteiger partial charge in [0, 0.05) is 26.2 Å². The highest BCUT2D eigenvalue weighted by Gasteiger charge is 2.19. The van der Waals surface area contributed by atoms with Crippen molar-refractivity contribution in [3.05, 3.63) is 46.8 Å². The van der Waals surface area contributed by atoms with E-state index in [-0.39, 0.29) is 6.54 Å². The van der Waals surface area contributed by atoms with Gasteiger partial charge < -0.3 is 24.8 Å². The fourth-order valence-electron chi connectivity index (χ4n) is 3.01. The first-order valence-electron chi connectivity index (χ1n) is 8.53. The predicted molar refractivity (Wildman–Crippen MR) is 93.0 cm³/mol. The van der Waals surface area contributed by atoms with Gasteiger partial charge in [-0.1, -0.05) is 11.2 Å². The highest BCUT2D eigenvalue weighted by Crippen LogP contribution is 2.24. The van der Waals surface area contributed by atoms with E-state index in [1.54, 1.807) is 6.26 Å². The Hall–Kier alpha value is -2.58. The number of hydrogen-bond acceptors (Lipinski definition) is 6. The molecule has 0 saturated carbocycles. The number of aromatic nitrogens is 1. The molecule has 2 heterocycles. The number of β-amino-alcohol motifs (C(OH)–C–C–N with tert-alkyl or cyclic N) is 1. The topological polar surface area (TPSA) is 108 Å². The van der Waals surface area contributed by atoms with Crippen LogP contribution in [0.1, 0.15) is 22.4 Å². The SMILES string of the molecule is Cc1nocc1COc1ccc2c(c1)CCN(CC(O)CNC(=O)O)C2. The minimum absolute atomic E-state index is 0.0355. The van der Waals surface area contributed by atoms with Crippen molar-refractivity contribution in [3.8, 4) is 5.75 Å². The van der Waals surface area contributed by atoms with E-state index >= 15 is 0 Å². The molecule has 26 heavy (non-hydrogen) atoms. The molecule has 1 amide bonds. The molecule has 1 aliphatic heterocycles. The van der Waals surface area contributed by atoms with E-state index in [1.165, 1.54) is 11.1 Å². The van der Waals surface area contributed by atoms with E-state index in [0.29, 0.717) is 13.2 Å². The minimum atomic E-state index is -1.12. The van der Waals surface area contributed by atoms with Gasteiger partial charge in [0.1, 0.15) is 18.6 Å². The van der Waals surface area contributed by atoms with Gasteiger partial charge in [0.2, 0.25) is 0 Å². The zero-order chi connectivity index (χ0) is 18.5. The first kappa shape index (κ1) is 18.2. The van der Waals surface area contributed by atoms with Crippen LogP contribution in [0.2, 0.25) is 0 Å². The Balaban J connectivity index is 1.53. The number of fused-ring (bicyclic) bond motifs is 1. The average Bonchev–Trinajstić information content (AvgIpc) is 3.03. The molecule has 1 aromatic heterocycles. The van der Waals surface area contributed by atoms with Crippen LogP contribution in [-0.2, 0) is 19.6 Å². The van der Waals surface area contributed by atoms with Crippen molar-refractivity contribution in [1.82, 2.24) is 15.4 Å². The maximum absolute atomic E-state index is 10.5. The molecule has 0 bridgehead atoms. The van der Waals surface area contributed by atoms with Gasteiger partial charge in [-0.05, 0) is 36.6 Å². The number of nitrogens with zero attached hydrogens (tertiary/aromatic N) is 2. The normalized spacial score (nSPS) is 15.3. The summed E-state index contributed by atoms with van der Waals surface area (Å²) in [5.41, 5.74) is 4.19. The Morgan fingerprint density at radius 2 is 2.31 bits per heavy atom. The van der Waals surface area contributed by atoms with Gasteiger partial charge >= 0.3 is 6.09 Å². The van der Waals surface area contributed by atoms with E-state index < -0.39 is 12.2 Å². The number of nitrogens with one attached hydrogen (secondary N) is 1. The first-order chi connectivity index (χ1) is 12.5. The molecular formula is C18H23N3O5. The lowest BCUT2D eigenvalue weighted by molar-refractivity contribution is 0.102. The average molecular weight is 361 g/mol. The predicted octanol–water partition coefficient (Wildman–Crippen LogP) is 1.55. The smallest absolute Gasteiger partial charge is 0.404 e. The summed E-state index contributed by atoms with van der Waals surface area (Å²) in [6.45, 7) is 4.31. The highest BCUT2D eigenvalue weighted by atomic mass is 16.5. The molecule has 2 aromatic rings. The lowest BCUT2D eigenvalue weighted by atomic mass is 9.99. The molecule has 0 fully saturated rings. The molecule has 3 N–H and O–H groups in total. The number of aliphatic hydroxyl groups is 1. The van der Waals surface area contributed by atoms with Crippen LogP contribution in [0.3, 0.4) is 0 Å². The van der Waals surface area contributed by atoms with Crippen molar-refractivity contribution in [2.45, 2.75) is 32.6 Å². The van der Waals surface area contributed by atoms with E-state index in [1.807, 2.05) is 19.1 Å². The molecule has 0 radical (unpaired) electrons. The third kappa shape index (κ3) is 4.74. The minimum Gasteiger partial charge on any atom is -0.489 e. The third-order valence-electron chi connectivity index (χ3n) is 4.47. The van der Waals surface area contributed by atoms with Crippen LogP contribution in [-0.4, -0.2) is 52.1 Å². The van der Waals surface area contributed by atoms with Crippen LogP contribution >= 0.6 is 0 Å². The molecule has 8 heteroatoms. The zero-order valence-corrected chi connectivity index (χ0v) is 14.6. The Morgan fingerprint density at radius 1 is 1.46 bits per heavy atom. The second-order valence-electron chi connectivity index (χ2n) is 6.47. The number of benzene rings is 1. The summed E-state index contributed by atoms with van der Waals surface area (Å²) in [6, 6.07) is 6.03. The summed E-state index contributed by atoms with van der Waals surface area (Å²) in [7, 11) is 0. The molecule has 0 saturated heterocycles.